The zero-order chi connectivity index (χ0) is 16.9. The second-order valence-corrected chi connectivity index (χ2v) is 6.62. The van der Waals surface area contributed by atoms with E-state index in [1.807, 2.05) is 19.6 Å². The molecule has 1 N–H and O–H groups in total. The number of nitrogens with zero attached hydrogens (tertiary/aromatic N) is 4. The Labute approximate surface area is 167 Å². The number of aliphatic imine (C=N–C) groups is 1. The van der Waals surface area contributed by atoms with Crippen LogP contribution < -0.4 is 5.32 Å². The lowest BCUT2D eigenvalue weighted by atomic mass is 9.93. The van der Waals surface area contributed by atoms with Crippen molar-refractivity contribution in [2.45, 2.75) is 32.9 Å². The molecule has 0 saturated carbocycles. The topological polar surface area (TPSA) is 45.5 Å². The van der Waals surface area contributed by atoms with E-state index in [0.29, 0.717) is 12.0 Å². The number of piperidine rings is 1. The third kappa shape index (κ3) is 4.74. The molecular weight excluding hydrogens is 425 g/mol. The van der Waals surface area contributed by atoms with Crippen molar-refractivity contribution in [2.75, 3.05) is 20.1 Å². The van der Waals surface area contributed by atoms with Gasteiger partial charge in [0.1, 0.15) is 0 Å². The van der Waals surface area contributed by atoms with Crippen LogP contribution in [0.25, 0.3) is 0 Å². The predicted molar refractivity (Wildman–Crippen MR) is 113 cm³/mol. The summed E-state index contributed by atoms with van der Waals surface area (Å²) in [7, 11) is 1.87. The molecule has 2 heterocycles. The highest BCUT2D eigenvalue weighted by atomic mass is 127. The molecule has 3 rings (SSSR count). The molecule has 0 amide bonds. The standard InChI is InChI=1S/C19H27N5.HI/c1-15-6-4-5-7-17(15)12-22-19(20-3)23-10-8-16(2)18(13-23)24-11-9-21-14-24;/h4-7,9,11,14,16,18H,8,10,12-13H2,1-3H3,(H,20,22);1H. The van der Waals surface area contributed by atoms with Crippen LogP contribution in [0.4, 0.5) is 0 Å². The molecule has 0 spiro atoms. The summed E-state index contributed by atoms with van der Waals surface area (Å²) in [5.74, 6) is 1.63. The zero-order valence-electron chi connectivity index (χ0n) is 15.2. The molecule has 2 aromatic rings. The first-order valence-corrected chi connectivity index (χ1v) is 8.66. The Kier molecular flexibility index (Phi) is 7.28. The van der Waals surface area contributed by atoms with Crippen LogP contribution in [0.5, 0.6) is 0 Å². The number of hydrogen-bond acceptors (Lipinski definition) is 2. The Morgan fingerprint density at radius 3 is 2.84 bits per heavy atom. The van der Waals surface area contributed by atoms with Crippen LogP contribution >= 0.6 is 24.0 Å². The fraction of sp³-hybridized carbons (Fsp3) is 0.474. The number of nitrogens with one attached hydrogen (secondary N) is 1. The lowest BCUT2D eigenvalue weighted by molar-refractivity contribution is 0.189. The molecule has 1 aromatic heterocycles. The molecule has 1 saturated heterocycles. The van der Waals surface area contributed by atoms with Crippen molar-refractivity contribution >= 4 is 29.9 Å². The van der Waals surface area contributed by atoms with E-state index in [1.54, 1.807) is 0 Å². The first-order chi connectivity index (χ1) is 11.7. The fourth-order valence-electron chi connectivity index (χ4n) is 3.41. The van der Waals surface area contributed by atoms with Gasteiger partial charge < -0.3 is 14.8 Å². The molecule has 0 aliphatic carbocycles. The monoisotopic (exact) mass is 453 g/mol. The summed E-state index contributed by atoms with van der Waals surface area (Å²) in [5, 5.41) is 3.53. The average Bonchev–Trinajstić information content (AvgIpc) is 3.12. The van der Waals surface area contributed by atoms with Crippen molar-refractivity contribution in [3.63, 3.8) is 0 Å². The third-order valence-electron chi connectivity index (χ3n) is 5.04. The molecule has 6 heteroatoms. The van der Waals surface area contributed by atoms with Crippen LogP contribution in [0.15, 0.2) is 48.0 Å². The van der Waals surface area contributed by atoms with Gasteiger partial charge >= 0.3 is 0 Å². The number of aryl methyl sites for hydroxylation is 1. The van der Waals surface area contributed by atoms with Gasteiger partial charge in [-0.25, -0.2) is 4.98 Å². The maximum absolute atomic E-state index is 4.50. The molecule has 136 valence electrons. The van der Waals surface area contributed by atoms with Gasteiger partial charge in [-0.2, -0.15) is 0 Å². The van der Waals surface area contributed by atoms with Crippen LogP contribution in [0.1, 0.15) is 30.5 Å². The van der Waals surface area contributed by atoms with Gasteiger partial charge in [-0.1, -0.05) is 31.2 Å². The molecule has 0 bridgehead atoms. The highest BCUT2D eigenvalue weighted by molar-refractivity contribution is 14.0. The number of imidazole rings is 1. The van der Waals surface area contributed by atoms with Gasteiger partial charge in [0.15, 0.2) is 5.96 Å². The average molecular weight is 453 g/mol. The van der Waals surface area contributed by atoms with Crippen LogP contribution in [0.2, 0.25) is 0 Å². The van der Waals surface area contributed by atoms with Gasteiger partial charge in [-0.3, -0.25) is 4.99 Å². The minimum atomic E-state index is 0. The summed E-state index contributed by atoms with van der Waals surface area (Å²) in [5.41, 5.74) is 2.62. The predicted octanol–water partition coefficient (Wildman–Crippen LogP) is 3.47. The summed E-state index contributed by atoms with van der Waals surface area (Å²) >= 11 is 0. The van der Waals surface area contributed by atoms with E-state index in [9.17, 15) is 0 Å². The van der Waals surface area contributed by atoms with Gasteiger partial charge in [0.2, 0.25) is 0 Å². The first-order valence-electron chi connectivity index (χ1n) is 8.66. The van der Waals surface area contributed by atoms with E-state index in [1.165, 1.54) is 11.1 Å². The number of hydrogen-bond donors (Lipinski definition) is 1. The molecule has 0 radical (unpaired) electrons. The van der Waals surface area contributed by atoms with E-state index in [0.717, 1.165) is 32.0 Å². The van der Waals surface area contributed by atoms with Crippen LogP contribution in [0, 0.1) is 12.8 Å². The number of benzene rings is 1. The van der Waals surface area contributed by atoms with Crippen LogP contribution in [0.3, 0.4) is 0 Å². The van der Waals surface area contributed by atoms with Gasteiger partial charge in [0, 0.05) is 39.1 Å². The number of likely N-dealkylation sites (tertiary alicyclic amines) is 1. The normalized spacial score (nSPS) is 20.9. The van der Waals surface area contributed by atoms with Gasteiger partial charge in [0.25, 0.3) is 0 Å². The highest BCUT2D eigenvalue weighted by Gasteiger charge is 2.28. The van der Waals surface area contributed by atoms with Crippen molar-refractivity contribution < 1.29 is 0 Å². The second-order valence-electron chi connectivity index (χ2n) is 6.62. The maximum atomic E-state index is 4.50. The van der Waals surface area contributed by atoms with Crippen molar-refractivity contribution in [1.29, 1.82) is 0 Å². The van der Waals surface area contributed by atoms with Crippen molar-refractivity contribution in [3.8, 4) is 0 Å². The number of rotatable bonds is 3. The van der Waals surface area contributed by atoms with Crippen LogP contribution in [-0.2, 0) is 6.54 Å². The Bertz CT molecular complexity index is 683. The van der Waals surface area contributed by atoms with Gasteiger partial charge in [0.05, 0.1) is 12.4 Å². The smallest absolute Gasteiger partial charge is 0.193 e. The van der Waals surface area contributed by atoms with Crippen LogP contribution in [-0.4, -0.2) is 40.5 Å². The molecular formula is C19H28IN5. The maximum Gasteiger partial charge on any atom is 0.193 e. The summed E-state index contributed by atoms with van der Waals surface area (Å²) in [6.07, 6.45) is 7.01. The number of guanidine groups is 1. The molecule has 5 nitrogen and oxygen atoms in total. The fourth-order valence-corrected chi connectivity index (χ4v) is 3.41. The number of aromatic nitrogens is 2. The molecule has 2 atom stereocenters. The minimum absolute atomic E-state index is 0. The van der Waals surface area contributed by atoms with E-state index >= 15 is 0 Å². The molecule has 1 fully saturated rings. The van der Waals surface area contributed by atoms with Gasteiger partial charge in [-0.05, 0) is 30.4 Å². The third-order valence-corrected chi connectivity index (χ3v) is 5.04. The van der Waals surface area contributed by atoms with Crippen molar-refractivity contribution in [3.05, 3.63) is 54.1 Å². The van der Waals surface area contributed by atoms with Crippen molar-refractivity contribution in [1.82, 2.24) is 19.8 Å². The van der Waals surface area contributed by atoms with E-state index in [2.05, 4.69) is 69.1 Å². The molecule has 1 aliphatic rings. The largest absolute Gasteiger partial charge is 0.352 e. The summed E-state index contributed by atoms with van der Waals surface area (Å²) in [6.45, 7) is 7.29. The SMILES string of the molecule is CN=C(NCc1ccccc1C)N1CCC(C)C(n2ccnc2)C1.I. The summed E-state index contributed by atoms with van der Waals surface area (Å²) < 4.78 is 2.23. The lowest BCUT2D eigenvalue weighted by Crippen LogP contribution is -2.48. The Balaban J connectivity index is 0.00000225. The molecule has 1 aromatic carbocycles. The summed E-state index contributed by atoms with van der Waals surface area (Å²) in [6, 6.07) is 8.93. The Morgan fingerprint density at radius 1 is 1.36 bits per heavy atom. The summed E-state index contributed by atoms with van der Waals surface area (Å²) in [4.78, 5) is 11.1. The molecule has 25 heavy (non-hydrogen) atoms. The van der Waals surface area contributed by atoms with Gasteiger partial charge in [-0.15, -0.1) is 24.0 Å². The van der Waals surface area contributed by atoms with E-state index in [4.69, 9.17) is 0 Å². The van der Waals surface area contributed by atoms with E-state index in [-0.39, 0.29) is 24.0 Å². The second kappa shape index (κ2) is 9.22. The van der Waals surface area contributed by atoms with Crippen molar-refractivity contribution in [2.24, 2.45) is 10.9 Å². The Hall–Kier alpha value is -1.57. The quantitative estimate of drug-likeness (QED) is 0.440. The number of halogens is 1. The molecule has 1 aliphatic heterocycles. The molecule has 2 unspecified atom stereocenters. The van der Waals surface area contributed by atoms with E-state index < -0.39 is 0 Å². The Morgan fingerprint density at radius 2 is 2.16 bits per heavy atom. The first kappa shape index (κ1) is 19.8. The minimum Gasteiger partial charge on any atom is -0.352 e. The highest BCUT2D eigenvalue weighted by Crippen LogP contribution is 2.27. The lowest BCUT2D eigenvalue weighted by Gasteiger charge is -2.39. The zero-order valence-corrected chi connectivity index (χ0v) is 17.6.